The van der Waals surface area contributed by atoms with E-state index in [9.17, 15) is 4.79 Å². The molecule has 1 aliphatic carbocycles. The lowest BCUT2D eigenvalue weighted by Gasteiger charge is -2.18. The molecule has 0 radical (unpaired) electrons. The average Bonchev–Trinajstić information content (AvgIpc) is 2.74. The van der Waals surface area contributed by atoms with Crippen molar-refractivity contribution in [3.8, 4) is 0 Å². The first-order chi connectivity index (χ1) is 6.44. The van der Waals surface area contributed by atoms with E-state index in [0.29, 0.717) is 13.0 Å². The summed E-state index contributed by atoms with van der Waals surface area (Å²) in [6.45, 7) is 4.22. The highest BCUT2D eigenvalue weighted by atomic mass is 16.7. The van der Waals surface area contributed by atoms with Crippen molar-refractivity contribution in [2.24, 2.45) is 5.41 Å². The predicted molar refractivity (Wildman–Crippen MR) is 48.8 cm³/mol. The number of aliphatic carboxylic acids is 1. The molecule has 0 amide bonds. The minimum atomic E-state index is -0.689. The summed E-state index contributed by atoms with van der Waals surface area (Å²) in [4.78, 5) is 10.9. The maximum absolute atomic E-state index is 10.9. The second-order valence-corrected chi connectivity index (χ2v) is 4.74. The maximum atomic E-state index is 10.9. The molecule has 1 N–H and O–H groups in total. The summed E-state index contributed by atoms with van der Waals surface area (Å²) in [7, 11) is 0. The van der Waals surface area contributed by atoms with Crippen molar-refractivity contribution in [1.29, 1.82) is 0 Å². The third kappa shape index (κ3) is 1.77. The SMILES string of the molecule is CC1(C)OCC(CC2(C(=O)O)CC2)O1. The number of carboxylic acid groups (broad SMARTS) is 1. The molecular formula is C10H16O4. The van der Waals surface area contributed by atoms with Crippen LogP contribution in [0.4, 0.5) is 0 Å². The second kappa shape index (κ2) is 2.94. The average molecular weight is 200 g/mol. The zero-order chi connectivity index (χ0) is 10.4. The van der Waals surface area contributed by atoms with E-state index < -0.39 is 17.2 Å². The highest BCUT2D eigenvalue weighted by Gasteiger charge is 2.53. The van der Waals surface area contributed by atoms with E-state index in [0.717, 1.165) is 12.8 Å². The van der Waals surface area contributed by atoms with Gasteiger partial charge in [-0.15, -0.1) is 0 Å². The van der Waals surface area contributed by atoms with Gasteiger partial charge >= 0.3 is 5.97 Å². The van der Waals surface area contributed by atoms with Crippen LogP contribution in [0.25, 0.3) is 0 Å². The van der Waals surface area contributed by atoms with Crippen molar-refractivity contribution in [3.05, 3.63) is 0 Å². The van der Waals surface area contributed by atoms with Gasteiger partial charge in [0.15, 0.2) is 5.79 Å². The molecule has 0 aromatic heterocycles. The van der Waals surface area contributed by atoms with Crippen LogP contribution < -0.4 is 0 Å². The van der Waals surface area contributed by atoms with Gasteiger partial charge in [0, 0.05) is 0 Å². The zero-order valence-electron chi connectivity index (χ0n) is 8.58. The van der Waals surface area contributed by atoms with E-state index in [-0.39, 0.29) is 6.10 Å². The highest BCUT2D eigenvalue weighted by molar-refractivity contribution is 5.77. The molecule has 1 saturated carbocycles. The van der Waals surface area contributed by atoms with Gasteiger partial charge in [0.1, 0.15) is 0 Å². The molecule has 14 heavy (non-hydrogen) atoms. The molecule has 1 heterocycles. The maximum Gasteiger partial charge on any atom is 0.309 e. The normalized spacial score (nSPS) is 32.9. The Morgan fingerprint density at radius 3 is 2.50 bits per heavy atom. The van der Waals surface area contributed by atoms with Crippen molar-refractivity contribution >= 4 is 5.97 Å². The topological polar surface area (TPSA) is 55.8 Å². The Morgan fingerprint density at radius 1 is 1.50 bits per heavy atom. The summed E-state index contributed by atoms with van der Waals surface area (Å²) >= 11 is 0. The van der Waals surface area contributed by atoms with Gasteiger partial charge in [0.2, 0.25) is 0 Å². The third-order valence-electron chi connectivity index (χ3n) is 2.99. The van der Waals surface area contributed by atoms with Crippen molar-refractivity contribution in [2.75, 3.05) is 6.61 Å². The molecular weight excluding hydrogens is 184 g/mol. The van der Waals surface area contributed by atoms with Crippen LogP contribution in [0.1, 0.15) is 33.1 Å². The van der Waals surface area contributed by atoms with E-state index in [1.54, 1.807) is 0 Å². The molecule has 2 rings (SSSR count). The van der Waals surface area contributed by atoms with Gasteiger partial charge in [0.05, 0.1) is 18.1 Å². The molecule has 1 unspecified atom stereocenters. The Labute approximate surface area is 83.2 Å². The summed E-state index contributed by atoms with van der Waals surface area (Å²) in [6.07, 6.45) is 2.10. The number of carbonyl (C=O) groups is 1. The highest BCUT2D eigenvalue weighted by Crippen LogP contribution is 2.51. The van der Waals surface area contributed by atoms with Crippen LogP contribution in [-0.4, -0.2) is 29.6 Å². The monoisotopic (exact) mass is 200 g/mol. The Bertz CT molecular complexity index is 255. The quantitative estimate of drug-likeness (QED) is 0.748. The predicted octanol–water partition coefficient (Wildman–Crippen LogP) is 1.39. The van der Waals surface area contributed by atoms with Gasteiger partial charge in [0.25, 0.3) is 0 Å². The molecule has 0 aromatic rings. The smallest absolute Gasteiger partial charge is 0.309 e. The van der Waals surface area contributed by atoms with Crippen LogP contribution in [0.3, 0.4) is 0 Å². The lowest BCUT2D eigenvalue weighted by Crippen LogP contribution is -2.26. The van der Waals surface area contributed by atoms with Crippen LogP contribution in [0.2, 0.25) is 0 Å². The summed E-state index contributed by atoms with van der Waals surface area (Å²) in [5.41, 5.74) is -0.506. The Hall–Kier alpha value is -0.610. The van der Waals surface area contributed by atoms with Gasteiger partial charge < -0.3 is 14.6 Å². The van der Waals surface area contributed by atoms with Gasteiger partial charge in [-0.05, 0) is 33.1 Å². The molecule has 1 aliphatic heterocycles. The van der Waals surface area contributed by atoms with Gasteiger partial charge in [-0.2, -0.15) is 0 Å². The van der Waals surface area contributed by atoms with Crippen LogP contribution in [-0.2, 0) is 14.3 Å². The minimum absolute atomic E-state index is 0.0522. The number of hydrogen-bond donors (Lipinski definition) is 1. The summed E-state index contributed by atoms with van der Waals surface area (Å²) < 4.78 is 11.0. The van der Waals surface area contributed by atoms with Gasteiger partial charge in [-0.3, -0.25) is 4.79 Å². The first-order valence-corrected chi connectivity index (χ1v) is 4.99. The van der Waals surface area contributed by atoms with E-state index in [1.165, 1.54) is 0 Å². The van der Waals surface area contributed by atoms with Crippen molar-refractivity contribution in [1.82, 2.24) is 0 Å². The van der Waals surface area contributed by atoms with E-state index >= 15 is 0 Å². The summed E-state index contributed by atoms with van der Waals surface area (Å²) in [6, 6.07) is 0. The molecule has 0 aromatic carbocycles. The third-order valence-corrected chi connectivity index (χ3v) is 2.99. The van der Waals surface area contributed by atoms with Crippen LogP contribution in [0.15, 0.2) is 0 Å². The second-order valence-electron chi connectivity index (χ2n) is 4.74. The van der Waals surface area contributed by atoms with E-state index in [2.05, 4.69) is 0 Å². The fraction of sp³-hybridized carbons (Fsp3) is 0.900. The van der Waals surface area contributed by atoms with E-state index in [1.807, 2.05) is 13.8 Å². The fourth-order valence-electron chi connectivity index (χ4n) is 1.96. The van der Waals surface area contributed by atoms with Crippen LogP contribution >= 0.6 is 0 Å². The Kier molecular flexibility index (Phi) is 2.08. The molecule has 1 atom stereocenters. The molecule has 0 spiro atoms. The lowest BCUT2D eigenvalue weighted by atomic mass is 9.99. The van der Waals surface area contributed by atoms with Crippen LogP contribution in [0, 0.1) is 5.41 Å². The fourth-order valence-corrected chi connectivity index (χ4v) is 1.96. The molecule has 4 heteroatoms. The number of carboxylic acids is 1. The molecule has 0 bridgehead atoms. The van der Waals surface area contributed by atoms with E-state index in [4.69, 9.17) is 14.6 Å². The van der Waals surface area contributed by atoms with Crippen molar-refractivity contribution in [2.45, 2.75) is 45.0 Å². The Morgan fingerprint density at radius 2 is 2.14 bits per heavy atom. The molecule has 1 saturated heterocycles. The van der Waals surface area contributed by atoms with Gasteiger partial charge in [-0.25, -0.2) is 0 Å². The standard InChI is InChI=1S/C10H16O4/c1-9(2)13-6-7(14-9)5-10(3-4-10)8(11)12/h7H,3-6H2,1-2H3,(H,11,12). The summed E-state index contributed by atoms with van der Waals surface area (Å²) in [5.74, 6) is -1.23. The first-order valence-electron chi connectivity index (χ1n) is 4.99. The number of hydrogen-bond acceptors (Lipinski definition) is 3. The summed E-state index contributed by atoms with van der Waals surface area (Å²) in [5, 5.41) is 9.00. The molecule has 4 nitrogen and oxygen atoms in total. The Balaban J connectivity index is 1.91. The largest absolute Gasteiger partial charge is 0.481 e. The number of ether oxygens (including phenoxy) is 2. The first kappa shape index (κ1) is 9.93. The van der Waals surface area contributed by atoms with Gasteiger partial charge in [-0.1, -0.05) is 0 Å². The lowest BCUT2D eigenvalue weighted by molar-refractivity contribution is -0.151. The minimum Gasteiger partial charge on any atom is -0.481 e. The zero-order valence-corrected chi connectivity index (χ0v) is 8.58. The molecule has 2 aliphatic rings. The van der Waals surface area contributed by atoms with Crippen molar-refractivity contribution < 1.29 is 19.4 Å². The number of rotatable bonds is 3. The van der Waals surface area contributed by atoms with Crippen molar-refractivity contribution in [3.63, 3.8) is 0 Å². The molecule has 80 valence electrons. The molecule has 2 fully saturated rings. The van der Waals surface area contributed by atoms with Crippen LogP contribution in [0.5, 0.6) is 0 Å².